The van der Waals surface area contributed by atoms with Crippen LogP contribution in [0.4, 0.5) is 15.5 Å². The average molecular weight is 427 g/mol. The van der Waals surface area contributed by atoms with E-state index in [-0.39, 0.29) is 17.9 Å². The van der Waals surface area contributed by atoms with E-state index in [1.54, 1.807) is 0 Å². The van der Waals surface area contributed by atoms with Crippen molar-refractivity contribution in [3.05, 3.63) is 46.8 Å². The Labute approximate surface area is 182 Å². The molecule has 1 N–H and O–H groups in total. The highest BCUT2D eigenvalue weighted by Gasteiger charge is 2.32. The van der Waals surface area contributed by atoms with Crippen molar-refractivity contribution in [3.8, 4) is 0 Å². The average Bonchev–Trinajstić information content (AvgIpc) is 3.28. The molecule has 3 heterocycles. The van der Waals surface area contributed by atoms with Crippen LogP contribution in [-0.2, 0) is 4.79 Å². The second-order valence-electron chi connectivity index (χ2n) is 8.27. The minimum absolute atomic E-state index is 0.0306. The van der Waals surface area contributed by atoms with Gasteiger partial charge < -0.3 is 14.7 Å². The molecule has 1 aromatic carbocycles. The molecule has 0 saturated carbocycles. The number of piperazine rings is 1. The Morgan fingerprint density at radius 1 is 0.967 bits per heavy atom. The van der Waals surface area contributed by atoms with E-state index in [4.69, 9.17) is 0 Å². The van der Waals surface area contributed by atoms with Gasteiger partial charge in [-0.1, -0.05) is 12.1 Å². The second-order valence-corrected chi connectivity index (χ2v) is 9.22. The number of likely N-dealkylation sites (tertiary alicyclic amines) is 1. The number of nitrogens with one attached hydrogen (secondary N) is 1. The van der Waals surface area contributed by atoms with Gasteiger partial charge in [0, 0.05) is 50.9 Å². The summed E-state index contributed by atoms with van der Waals surface area (Å²) in [4.78, 5) is 31.7. The molecule has 3 amide bonds. The van der Waals surface area contributed by atoms with Gasteiger partial charge in [0.15, 0.2) is 0 Å². The Morgan fingerprint density at radius 2 is 1.70 bits per heavy atom. The van der Waals surface area contributed by atoms with Crippen LogP contribution >= 0.6 is 11.3 Å². The van der Waals surface area contributed by atoms with E-state index in [1.807, 2.05) is 27.3 Å². The third kappa shape index (κ3) is 4.61. The molecule has 0 spiro atoms. The van der Waals surface area contributed by atoms with Crippen LogP contribution in [0.25, 0.3) is 0 Å². The number of nitrogens with zero attached hydrogens (tertiary/aromatic N) is 3. The maximum atomic E-state index is 13.0. The van der Waals surface area contributed by atoms with Gasteiger partial charge >= 0.3 is 6.03 Å². The molecule has 0 unspecified atom stereocenters. The largest absolute Gasteiger partial charge is 0.368 e. The van der Waals surface area contributed by atoms with Gasteiger partial charge in [-0.25, -0.2) is 4.79 Å². The number of anilines is 2. The lowest BCUT2D eigenvalue weighted by atomic mass is 9.95. The van der Waals surface area contributed by atoms with Crippen molar-refractivity contribution >= 4 is 34.0 Å². The zero-order chi connectivity index (χ0) is 21.1. The van der Waals surface area contributed by atoms with E-state index in [2.05, 4.69) is 42.3 Å². The Kier molecular flexibility index (Phi) is 6.27. The van der Waals surface area contributed by atoms with E-state index < -0.39 is 0 Å². The van der Waals surface area contributed by atoms with Crippen molar-refractivity contribution in [2.75, 3.05) is 49.5 Å². The first-order chi connectivity index (χ1) is 14.5. The summed E-state index contributed by atoms with van der Waals surface area (Å²) in [5, 5.41) is 5.74. The highest BCUT2D eigenvalue weighted by Crippen LogP contribution is 2.25. The summed E-state index contributed by atoms with van der Waals surface area (Å²) >= 11 is 1.52. The third-order valence-corrected chi connectivity index (χ3v) is 6.96. The molecule has 1 aromatic heterocycles. The van der Waals surface area contributed by atoms with E-state index in [1.165, 1.54) is 28.2 Å². The molecule has 0 bridgehead atoms. The fourth-order valence-corrected chi connectivity index (χ4v) is 4.96. The molecule has 0 radical (unpaired) electrons. The quantitative estimate of drug-likeness (QED) is 0.808. The number of thiophene rings is 1. The van der Waals surface area contributed by atoms with E-state index in [0.29, 0.717) is 13.1 Å². The van der Waals surface area contributed by atoms with Crippen molar-refractivity contribution in [3.63, 3.8) is 0 Å². The lowest BCUT2D eigenvalue weighted by Gasteiger charge is -2.39. The van der Waals surface area contributed by atoms with Crippen LogP contribution in [0.3, 0.4) is 0 Å². The van der Waals surface area contributed by atoms with Crippen molar-refractivity contribution < 1.29 is 9.59 Å². The maximum absolute atomic E-state index is 13.0. The van der Waals surface area contributed by atoms with Crippen molar-refractivity contribution in [1.29, 1.82) is 0 Å². The Hall–Kier alpha value is -2.54. The molecule has 6 nitrogen and oxygen atoms in total. The fraction of sp³-hybridized carbons (Fsp3) is 0.478. The summed E-state index contributed by atoms with van der Waals surface area (Å²) in [5.41, 5.74) is 3.84. The van der Waals surface area contributed by atoms with E-state index in [0.717, 1.165) is 44.0 Å². The summed E-state index contributed by atoms with van der Waals surface area (Å²) in [6, 6.07) is 10.3. The van der Waals surface area contributed by atoms with Crippen molar-refractivity contribution in [2.24, 2.45) is 5.92 Å². The number of carbonyl (C=O) groups excluding carboxylic acids is 2. The van der Waals surface area contributed by atoms with Crippen LogP contribution in [0.5, 0.6) is 0 Å². The van der Waals surface area contributed by atoms with E-state index in [9.17, 15) is 9.59 Å². The molecule has 2 saturated heterocycles. The minimum atomic E-state index is -0.0644. The van der Waals surface area contributed by atoms with Crippen LogP contribution in [0, 0.1) is 19.8 Å². The standard InChI is InChI=1S/C23H30N4O2S/c1-17-5-6-18(2)20(16-17)25-11-13-26(14-12-25)22(28)19-7-9-27(10-8-19)23(29)24-21-4-3-15-30-21/h3-6,15-16,19H,7-14H2,1-2H3,(H,24,29). The first-order valence-corrected chi connectivity index (χ1v) is 11.6. The molecule has 0 aliphatic carbocycles. The molecule has 2 fully saturated rings. The monoisotopic (exact) mass is 426 g/mol. The third-order valence-electron chi connectivity index (χ3n) is 6.18. The number of benzene rings is 1. The highest BCUT2D eigenvalue weighted by molar-refractivity contribution is 7.14. The molecule has 160 valence electrons. The predicted molar refractivity (Wildman–Crippen MR) is 122 cm³/mol. The fourth-order valence-electron chi connectivity index (χ4n) is 4.35. The van der Waals surface area contributed by atoms with Crippen molar-refractivity contribution in [1.82, 2.24) is 9.80 Å². The second kappa shape index (κ2) is 9.08. The smallest absolute Gasteiger partial charge is 0.322 e. The topological polar surface area (TPSA) is 55.9 Å². The number of amides is 3. The first-order valence-electron chi connectivity index (χ1n) is 10.7. The molecule has 2 aliphatic heterocycles. The van der Waals surface area contributed by atoms with Crippen LogP contribution in [-0.4, -0.2) is 61.0 Å². The number of urea groups is 1. The highest BCUT2D eigenvalue weighted by atomic mass is 32.1. The number of hydrogen-bond donors (Lipinski definition) is 1. The van der Waals surface area contributed by atoms with Crippen LogP contribution in [0.1, 0.15) is 24.0 Å². The molecular weight excluding hydrogens is 396 g/mol. The Morgan fingerprint density at radius 3 is 2.37 bits per heavy atom. The van der Waals surface area contributed by atoms with Gasteiger partial charge in [-0.05, 0) is 61.4 Å². The van der Waals surface area contributed by atoms with Gasteiger partial charge in [-0.3, -0.25) is 10.1 Å². The lowest BCUT2D eigenvalue weighted by molar-refractivity contribution is -0.137. The molecule has 2 aromatic rings. The number of rotatable bonds is 3. The summed E-state index contributed by atoms with van der Waals surface area (Å²) in [5.74, 6) is 0.289. The molecule has 30 heavy (non-hydrogen) atoms. The molecule has 2 aliphatic rings. The van der Waals surface area contributed by atoms with Gasteiger partial charge in [0.25, 0.3) is 0 Å². The molecule has 0 atom stereocenters. The van der Waals surface area contributed by atoms with E-state index >= 15 is 0 Å². The molecule has 7 heteroatoms. The van der Waals surface area contributed by atoms with Crippen molar-refractivity contribution in [2.45, 2.75) is 26.7 Å². The summed E-state index contributed by atoms with van der Waals surface area (Å²) < 4.78 is 0. The maximum Gasteiger partial charge on any atom is 0.322 e. The first kappa shape index (κ1) is 20.7. The summed E-state index contributed by atoms with van der Waals surface area (Å²) in [6.45, 7) is 8.82. The van der Waals surface area contributed by atoms with Gasteiger partial charge in [0.05, 0.1) is 5.00 Å². The van der Waals surface area contributed by atoms with Crippen LogP contribution < -0.4 is 10.2 Å². The lowest BCUT2D eigenvalue weighted by Crippen LogP contribution is -2.52. The van der Waals surface area contributed by atoms with Gasteiger partial charge in [-0.2, -0.15) is 0 Å². The van der Waals surface area contributed by atoms with Gasteiger partial charge in [0.1, 0.15) is 0 Å². The normalized spacial score (nSPS) is 17.9. The SMILES string of the molecule is Cc1ccc(C)c(N2CCN(C(=O)C3CCN(C(=O)Nc4cccs4)CC3)CC2)c1. The number of carbonyl (C=O) groups is 2. The molecule has 4 rings (SSSR count). The number of aryl methyl sites for hydroxylation is 2. The van der Waals surface area contributed by atoms with Crippen LogP contribution in [0.15, 0.2) is 35.7 Å². The van der Waals surface area contributed by atoms with Crippen LogP contribution in [0.2, 0.25) is 0 Å². The summed E-state index contributed by atoms with van der Waals surface area (Å²) in [7, 11) is 0. The number of hydrogen-bond acceptors (Lipinski definition) is 4. The summed E-state index contributed by atoms with van der Waals surface area (Å²) in [6.07, 6.45) is 1.49. The predicted octanol–water partition coefficient (Wildman–Crippen LogP) is 3.96. The zero-order valence-corrected chi connectivity index (χ0v) is 18.6. The Bertz CT molecular complexity index is 883. The minimum Gasteiger partial charge on any atom is -0.368 e. The number of piperidine rings is 1. The van der Waals surface area contributed by atoms with Gasteiger partial charge in [0.2, 0.25) is 5.91 Å². The Balaban J connectivity index is 1.26. The zero-order valence-electron chi connectivity index (χ0n) is 17.8. The molecular formula is C23H30N4O2S. The van der Waals surface area contributed by atoms with Gasteiger partial charge in [-0.15, -0.1) is 11.3 Å².